The molecule has 4 heteroatoms. The van der Waals surface area contributed by atoms with Crippen molar-refractivity contribution in [1.29, 1.82) is 0 Å². The molecule has 0 saturated heterocycles. The van der Waals surface area contributed by atoms with E-state index < -0.39 is 0 Å². The minimum Gasteiger partial charge on any atom is -0.463 e. The zero-order valence-electron chi connectivity index (χ0n) is 6.96. The maximum atomic E-state index is 10.2. The van der Waals surface area contributed by atoms with Gasteiger partial charge in [0.15, 0.2) is 0 Å². The molecule has 0 aromatic heterocycles. The second-order valence-electron chi connectivity index (χ2n) is 1.95. The Morgan fingerprint density at radius 3 is 2.36 bits per heavy atom. The molecule has 0 bridgehead atoms. The van der Waals surface area contributed by atoms with Crippen LogP contribution in [0.15, 0.2) is 0 Å². The number of rotatable bonds is 6. The molecule has 0 spiro atoms. The van der Waals surface area contributed by atoms with E-state index in [9.17, 15) is 4.79 Å². The Morgan fingerprint density at radius 2 is 1.82 bits per heavy atom. The third-order valence-corrected chi connectivity index (χ3v) is 0.965. The Morgan fingerprint density at radius 1 is 1.18 bits per heavy atom. The van der Waals surface area contributed by atoms with Crippen LogP contribution >= 0.6 is 0 Å². The Bertz CT molecular complexity index is 103. The van der Waals surface area contributed by atoms with Crippen molar-refractivity contribution in [3.8, 4) is 0 Å². The van der Waals surface area contributed by atoms with Crippen LogP contribution in [0.5, 0.6) is 0 Å². The van der Waals surface area contributed by atoms with Gasteiger partial charge in [-0.25, -0.2) is 0 Å². The molecule has 0 aliphatic rings. The van der Waals surface area contributed by atoms with Gasteiger partial charge in [-0.15, -0.1) is 0 Å². The van der Waals surface area contributed by atoms with E-state index in [1.54, 1.807) is 7.11 Å². The summed E-state index contributed by atoms with van der Waals surface area (Å²) >= 11 is 0. The van der Waals surface area contributed by atoms with Crippen molar-refractivity contribution in [2.75, 3.05) is 33.5 Å². The van der Waals surface area contributed by atoms with Gasteiger partial charge in [0.05, 0.1) is 19.8 Å². The normalized spacial score (nSPS) is 9.64. The van der Waals surface area contributed by atoms with E-state index in [0.29, 0.717) is 26.4 Å². The summed E-state index contributed by atoms with van der Waals surface area (Å²) < 4.78 is 14.4. The van der Waals surface area contributed by atoms with Gasteiger partial charge in [-0.1, -0.05) is 0 Å². The Labute approximate surface area is 66.4 Å². The summed E-state index contributed by atoms with van der Waals surface area (Å²) in [5.74, 6) is -0.277. The summed E-state index contributed by atoms with van der Waals surface area (Å²) in [6, 6.07) is 0. The van der Waals surface area contributed by atoms with Gasteiger partial charge >= 0.3 is 5.97 Å². The first-order valence-corrected chi connectivity index (χ1v) is 3.47. The number of hydrogen-bond donors (Lipinski definition) is 0. The highest BCUT2D eigenvalue weighted by atomic mass is 16.6. The molecule has 0 rings (SSSR count). The van der Waals surface area contributed by atoms with E-state index in [-0.39, 0.29) is 5.97 Å². The molecule has 0 atom stereocenters. The van der Waals surface area contributed by atoms with Crippen LogP contribution in [0.4, 0.5) is 0 Å². The molecule has 0 saturated carbocycles. The lowest BCUT2D eigenvalue weighted by molar-refractivity contribution is -0.142. The lowest BCUT2D eigenvalue weighted by Crippen LogP contribution is -2.10. The quantitative estimate of drug-likeness (QED) is 0.414. The fourth-order valence-corrected chi connectivity index (χ4v) is 0.489. The Balaban J connectivity index is 2.85. The van der Waals surface area contributed by atoms with Crippen LogP contribution in [0.1, 0.15) is 6.92 Å². The molecule has 0 fully saturated rings. The molecule has 0 amide bonds. The standard InChI is InChI=1S/C7H14O4/c1-7(8)11-6-5-10-4-3-9-2/h3-6H2,1-2H3. The third-order valence-electron chi connectivity index (χ3n) is 0.965. The molecule has 0 aliphatic heterocycles. The molecule has 66 valence electrons. The average molecular weight is 162 g/mol. The van der Waals surface area contributed by atoms with Crippen molar-refractivity contribution in [1.82, 2.24) is 0 Å². The summed E-state index contributed by atoms with van der Waals surface area (Å²) in [6.07, 6.45) is 0. The van der Waals surface area contributed by atoms with Crippen LogP contribution in [0.3, 0.4) is 0 Å². The monoisotopic (exact) mass is 162 g/mol. The van der Waals surface area contributed by atoms with Crippen molar-refractivity contribution >= 4 is 5.97 Å². The van der Waals surface area contributed by atoms with Gasteiger partial charge in [0.1, 0.15) is 6.61 Å². The molecule has 0 aromatic carbocycles. The van der Waals surface area contributed by atoms with Gasteiger partial charge in [0.25, 0.3) is 0 Å². The highest BCUT2D eigenvalue weighted by molar-refractivity contribution is 5.65. The number of methoxy groups -OCH3 is 1. The molecule has 11 heavy (non-hydrogen) atoms. The van der Waals surface area contributed by atoms with E-state index >= 15 is 0 Å². The predicted octanol–water partition coefficient (Wildman–Crippen LogP) is 0.212. The first-order chi connectivity index (χ1) is 5.27. The molecule has 0 aliphatic carbocycles. The van der Waals surface area contributed by atoms with Crippen LogP contribution in [0.2, 0.25) is 0 Å². The minimum absolute atomic E-state index is 0.277. The first kappa shape index (κ1) is 10.4. The lowest BCUT2D eigenvalue weighted by Gasteiger charge is -2.02. The van der Waals surface area contributed by atoms with Crippen LogP contribution in [0, 0.1) is 0 Å². The van der Waals surface area contributed by atoms with E-state index in [1.165, 1.54) is 6.92 Å². The van der Waals surface area contributed by atoms with Crippen LogP contribution in [-0.4, -0.2) is 39.5 Å². The number of carbonyl (C=O) groups is 1. The SMILES string of the molecule is COCCOCCOC(C)=O. The number of ether oxygens (including phenoxy) is 3. The van der Waals surface area contributed by atoms with Crippen LogP contribution in [0.25, 0.3) is 0 Å². The largest absolute Gasteiger partial charge is 0.463 e. The molecule has 0 radical (unpaired) electrons. The van der Waals surface area contributed by atoms with Crippen LogP contribution in [-0.2, 0) is 19.0 Å². The second-order valence-corrected chi connectivity index (χ2v) is 1.95. The summed E-state index contributed by atoms with van der Waals surface area (Å²) in [7, 11) is 1.61. The van der Waals surface area contributed by atoms with E-state index in [0.717, 1.165) is 0 Å². The van der Waals surface area contributed by atoms with Crippen molar-refractivity contribution in [2.45, 2.75) is 6.92 Å². The first-order valence-electron chi connectivity index (χ1n) is 3.47. The van der Waals surface area contributed by atoms with Crippen molar-refractivity contribution < 1.29 is 19.0 Å². The highest BCUT2D eigenvalue weighted by Gasteiger charge is 1.91. The van der Waals surface area contributed by atoms with Crippen LogP contribution < -0.4 is 0 Å². The smallest absolute Gasteiger partial charge is 0.302 e. The Hall–Kier alpha value is -0.610. The van der Waals surface area contributed by atoms with E-state index in [4.69, 9.17) is 9.47 Å². The molecular formula is C7H14O4. The fourth-order valence-electron chi connectivity index (χ4n) is 0.489. The minimum atomic E-state index is -0.277. The zero-order valence-corrected chi connectivity index (χ0v) is 6.96. The second kappa shape index (κ2) is 7.50. The predicted molar refractivity (Wildman–Crippen MR) is 39.3 cm³/mol. The molecule has 0 aromatic rings. The molecule has 4 nitrogen and oxygen atoms in total. The van der Waals surface area contributed by atoms with Crippen molar-refractivity contribution in [2.24, 2.45) is 0 Å². The summed E-state index contributed by atoms with van der Waals surface area (Å²) in [6.45, 7) is 3.23. The lowest BCUT2D eigenvalue weighted by atomic mass is 10.7. The maximum absolute atomic E-state index is 10.2. The third kappa shape index (κ3) is 9.39. The van der Waals surface area contributed by atoms with Gasteiger partial charge < -0.3 is 14.2 Å². The fraction of sp³-hybridized carbons (Fsp3) is 0.857. The van der Waals surface area contributed by atoms with Gasteiger partial charge in [-0.2, -0.15) is 0 Å². The highest BCUT2D eigenvalue weighted by Crippen LogP contribution is 1.79. The van der Waals surface area contributed by atoms with Crippen molar-refractivity contribution in [3.05, 3.63) is 0 Å². The molecule has 0 heterocycles. The summed E-state index contributed by atoms with van der Waals surface area (Å²) in [5, 5.41) is 0. The molecule has 0 N–H and O–H groups in total. The average Bonchev–Trinajstić information content (AvgIpc) is 1.96. The maximum Gasteiger partial charge on any atom is 0.302 e. The topological polar surface area (TPSA) is 44.8 Å². The zero-order chi connectivity index (χ0) is 8.53. The van der Waals surface area contributed by atoms with Gasteiger partial charge in [-0.05, 0) is 0 Å². The van der Waals surface area contributed by atoms with Crippen molar-refractivity contribution in [3.63, 3.8) is 0 Å². The number of carbonyl (C=O) groups excluding carboxylic acids is 1. The molecule has 0 unspecified atom stereocenters. The Kier molecular flexibility index (Phi) is 7.08. The van der Waals surface area contributed by atoms with E-state index in [1.807, 2.05) is 0 Å². The number of esters is 1. The summed E-state index contributed by atoms with van der Waals surface area (Å²) in [4.78, 5) is 10.2. The van der Waals surface area contributed by atoms with E-state index in [2.05, 4.69) is 4.74 Å². The molecular weight excluding hydrogens is 148 g/mol. The summed E-state index contributed by atoms with van der Waals surface area (Å²) in [5.41, 5.74) is 0. The van der Waals surface area contributed by atoms with Gasteiger partial charge in [0, 0.05) is 14.0 Å². The van der Waals surface area contributed by atoms with Gasteiger partial charge in [0.2, 0.25) is 0 Å². The number of hydrogen-bond acceptors (Lipinski definition) is 4. The van der Waals surface area contributed by atoms with Gasteiger partial charge in [-0.3, -0.25) is 4.79 Å².